The Hall–Kier alpha value is -1.82. The van der Waals surface area contributed by atoms with Crippen molar-refractivity contribution in [2.75, 3.05) is 51.2 Å². The summed E-state index contributed by atoms with van der Waals surface area (Å²) in [4.78, 5) is 9.12. The Kier molecular flexibility index (Phi) is 6.50. The molecule has 3 rings (SSSR count). The summed E-state index contributed by atoms with van der Waals surface area (Å²) in [6.07, 6.45) is 5.16. The predicted molar refractivity (Wildman–Crippen MR) is 102 cm³/mol. The molecule has 0 unspecified atom stereocenters. The lowest BCUT2D eigenvalue weighted by Crippen LogP contribution is -2.50. The molecular formula is C19H30FN5. The van der Waals surface area contributed by atoms with Crippen LogP contribution in [-0.2, 0) is 0 Å². The van der Waals surface area contributed by atoms with E-state index in [4.69, 9.17) is 0 Å². The highest BCUT2D eigenvalue weighted by atomic mass is 19.1. The number of nitrogens with zero attached hydrogens (tertiary/aromatic N) is 3. The number of aliphatic imine (C=N–C) groups is 1. The molecule has 5 nitrogen and oxygen atoms in total. The lowest BCUT2D eigenvalue weighted by molar-refractivity contribution is 0.261. The van der Waals surface area contributed by atoms with Gasteiger partial charge in [0.25, 0.3) is 0 Å². The Labute approximate surface area is 150 Å². The Morgan fingerprint density at radius 1 is 1.12 bits per heavy atom. The highest BCUT2D eigenvalue weighted by molar-refractivity contribution is 5.79. The van der Waals surface area contributed by atoms with E-state index in [1.54, 1.807) is 0 Å². The minimum atomic E-state index is -0.173. The van der Waals surface area contributed by atoms with Gasteiger partial charge in [0.2, 0.25) is 0 Å². The van der Waals surface area contributed by atoms with Crippen molar-refractivity contribution in [1.29, 1.82) is 0 Å². The van der Waals surface area contributed by atoms with Crippen LogP contribution < -0.4 is 15.5 Å². The fourth-order valence-corrected chi connectivity index (χ4v) is 3.67. The molecule has 0 spiro atoms. The van der Waals surface area contributed by atoms with Crippen molar-refractivity contribution in [3.05, 3.63) is 30.1 Å². The quantitative estimate of drug-likeness (QED) is 0.632. The second kappa shape index (κ2) is 9.04. The fraction of sp³-hybridized carbons (Fsp3) is 0.632. The molecule has 0 bridgehead atoms. The maximum atomic E-state index is 13.0. The highest BCUT2D eigenvalue weighted by Crippen LogP contribution is 2.18. The van der Waals surface area contributed by atoms with Crippen molar-refractivity contribution in [1.82, 2.24) is 15.5 Å². The minimum Gasteiger partial charge on any atom is -0.369 e. The average molecular weight is 347 g/mol. The first-order valence-corrected chi connectivity index (χ1v) is 9.44. The summed E-state index contributed by atoms with van der Waals surface area (Å²) in [6, 6.07) is 7.39. The van der Waals surface area contributed by atoms with Gasteiger partial charge in [-0.05, 0) is 37.1 Å². The zero-order valence-electron chi connectivity index (χ0n) is 15.2. The van der Waals surface area contributed by atoms with Crippen LogP contribution in [0.1, 0.15) is 25.7 Å². The minimum absolute atomic E-state index is 0.173. The number of guanidine groups is 1. The van der Waals surface area contributed by atoms with Crippen molar-refractivity contribution in [2.45, 2.75) is 31.7 Å². The molecule has 1 saturated carbocycles. The molecule has 0 aromatic heterocycles. The number of nitrogens with one attached hydrogen (secondary N) is 2. The molecule has 1 saturated heterocycles. The normalized spacial score (nSPS) is 20.1. The summed E-state index contributed by atoms with van der Waals surface area (Å²) >= 11 is 0. The van der Waals surface area contributed by atoms with Crippen molar-refractivity contribution < 1.29 is 4.39 Å². The van der Waals surface area contributed by atoms with Crippen LogP contribution in [0.4, 0.5) is 10.1 Å². The SMILES string of the molecule is CN=C(NCCN1CCN(c2ccc(F)cc2)CC1)NC1CCCC1. The number of hydrogen-bond acceptors (Lipinski definition) is 3. The van der Waals surface area contributed by atoms with E-state index in [-0.39, 0.29) is 5.82 Å². The van der Waals surface area contributed by atoms with Gasteiger partial charge in [-0.25, -0.2) is 4.39 Å². The van der Waals surface area contributed by atoms with Gasteiger partial charge in [0.15, 0.2) is 5.96 Å². The third-order valence-electron chi connectivity index (χ3n) is 5.20. The lowest BCUT2D eigenvalue weighted by Gasteiger charge is -2.36. The number of halogens is 1. The second-order valence-electron chi connectivity index (χ2n) is 6.93. The van der Waals surface area contributed by atoms with Gasteiger partial charge >= 0.3 is 0 Å². The molecule has 2 aliphatic rings. The van der Waals surface area contributed by atoms with Crippen LogP contribution in [0, 0.1) is 5.82 Å². The molecule has 1 aliphatic carbocycles. The number of rotatable bonds is 5. The zero-order chi connectivity index (χ0) is 17.5. The van der Waals surface area contributed by atoms with E-state index in [1.807, 2.05) is 19.2 Å². The van der Waals surface area contributed by atoms with E-state index >= 15 is 0 Å². The van der Waals surface area contributed by atoms with Crippen LogP contribution in [0.5, 0.6) is 0 Å². The summed E-state index contributed by atoms with van der Waals surface area (Å²) in [6.45, 7) is 5.97. The lowest BCUT2D eigenvalue weighted by atomic mass is 10.2. The predicted octanol–water partition coefficient (Wildman–Crippen LogP) is 2.06. The zero-order valence-corrected chi connectivity index (χ0v) is 15.2. The smallest absolute Gasteiger partial charge is 0.191 e. The van der Waals surface area contributed by atoms with Gasteiger partial charge in [-0.3, -0.25) is 9.89 Å². The molecular weight excluding hydrogens is 317 g/mol. The van der Waals surface area contributed by atoms with E-state index in [0.29, 0.717) is 6.04 Å². The highest BCUT2D eigenvalue weighted by Gasteiger charge is 2.18. The van der Waals surface area contributed by atoms with Gasteiger partial charge in [-0.2, -0.15) is 0 Å². The molecule has 2 fully saturated rings. The summed E-state index contributed by atoms with van der Waals surface area (Å²) < 4.78 is 13.0. The Morgan fingerprint density at radius 3 is 2.44 bits per heavy atom. The Bertz CT molecular complexity index is 545. The molecule has 0 atom stereocenters. The maximum Gasteiger partial charge on any atom is 0.191 e. The van der Waals surface area contributed by atoms with Crippen LogP contribution in [0.25, 0.3) is 0 Å². The van der Waals surface area contributed by atoms with Crippen LogP contribution in [0.2, 0.25) is 0 Å². The first-order valence-electron chi connectivity index (χ1n) is 9.44. The van der Waals surface area contributed by atoms with Crippen molar-refractivity contribution >= 4 is 11.6 Å². The topological polar surface area (TPSA) is 42.9 Å². The van der Waals surface area contributed by atoms with Crippen molar-refractivity contribution in [3.63, 3.8) is 0 Å². The van der Waals surface area contributed by atoms with E-state index < -0.39 is 0 Å². The molecule has 1 aromatic rings. The molecule has 0 amide bonds. The first kappa shape index (κ1) is 18.0. The number of benzene rings is 1. The molecule has 1 aliphatic heterocycles. The largest absolute Gasteiger partial charge is 0.369 e. The molecule has 0 radical (unpaired) electrons. The first-order chi connectivity index (χ1) is 12.2. The summed E-state index contributed by atoms with van der Waals surface area (Å²) in [7, 11) is 1.84. The van der Waals surface area contributed by atoms with Crippen molar-refractivity contribution in [2.24, 2.45) is 4.99 Å². The molecule has 138 valence electrons. The van der Waals surface area contributed by atoms with Gasteiger partial charge < -0.3 is 15.5 Å². The number of anilines is 1. The summed E-state index contributed by atoms with van der Waals surface area (Å²) in [5, 5.41) is 6.95. The third kappa shape index (κ3) is 5.33. The Morgan fingerprint density at radius 2 is 1.80 bits per heavy atom. The van der Waals surface area contributed by atoms with Crippen LogP contribution in [-0.4, -0.2) is 63.2 Å². The van der Waals surface area contributed by atoms with Gasteiger partial charge in [-0.15, -0.1) is 0 Å². The molecule has 2 N–H and O–H groups in total. The summed E-state index contributed by atoms with van der Waals surface area (Å²) in [5.41, 5.74) is 1.11. The van der Waals surface area contributed by atoms with E-state index in [0.717, 1.165) is 50.9 Å². The molecule has 6 heteroatoms. The molecule has 1 heterocycles. The molecule has 1 aromatic carbocycles. The second-order valence-corrected chi connectivity index (χ2v) is 6.93. The maximum absolute atomic E-state index is 13.0. The third-order valence-corrected chi connectivity index (χ3v) is 5.20. The van der Waals surface area contributed by atoms with Crippen LogP contribution >= 0.6 is 0 Å². The molecule has 25 heavy (non-hydrogen) atoms. The van der Waals surface area contributed by atoms with E-state index in [1.165, 1.54) is 37.8 Å². The van der Waals surface area contributed by atoms with Gasteiger partial charge in [0, 0.05) is 58.0 Å². The Balaban J connectivity index is 1.35. The van der Waals surface area contributed by atoms with Crippen molar-refractivity contribution in [3.8, 4) is 0 Å². The van der Waals surface area contributed by atoms with Gasteiger partial charge in [0.05, 0.1) is 0 Å². The number of piperazine rings is 1. The standard InChI is InChI=1S/C19H30FN5/c1-21-19(23-17-4-2-3-5-17)22-10-11-24-12-14-25(15-13-24)18-8-6-16(20)7-9-18/h6-9,17H,2-5,10-15H2,1H3,(H2,21,22,23). The van der Waals surface area contributed by atoms with E-state index in [9.17, 15) is 4.39 Å². The average Bonchev–Trinajstić information content (AvgIpc) is 3.15. The van der Waals surface area contributed by atoms with Crippen LogP contribution in [0.3, 0.4) is 0 Å². The van der Waals surface area contributed by atoms with Gasteiger partial charge in [-0.1, -0.05) is 12.8 Å². The van der Waals surface area contributed by atoms with E-state index in [2.05, 4.69) is 25.4 Å². The number of hydrogen-bond donors (Lipinski definition) is 2. The van der Waals surface area contributed by atoms with Crippen LogP contribution in [0.15, 0.2) is 29.3 Å². The fourth-order valence-electron chi connectivity index (χ4n) is 3.67. The monoisotopic (exact) mass is 347 g/mol. The van der Waals surface area contributed by atoms with Gasteiger partial charge in [0.1, 0.15) is 5.82 Å². The summed E-state index contributed by atoms with van der Waals surface area (Å²) in [5.74, 6) is 0.755.